The van der Waals surface area contributed by atoms with Crippen molar-refractivity contribution in [2.45, 2.75) is 43.2 Å². The maximum absolute atomic E-state index is 12.4. The summed E-state index contributed by atoms with van der Waals surface area (Å²) in [6.07, 6.45) is 2.47. The summed E-state index contributed by atoms with van der Waals surface area (Å²) in [5.74, 6) is 0.119. The van der Waals surface area contributed by atoms with Gasteiger partial charge >= 0.3 is 0 Å². The van der Waals surface area contributed by atoms with Crippen LogP contribution < -0.4 is 5.32 Å². The van der Waals surface area contributed by atoms with E-state index in [1.165, 1.54) is 0 Å². The fraction of sp³-hybridized carbons (Fsp3) is 0.571. The van der Waals surface area contributed by atoms with Gasteiger partial charge in [-0.2, -0.15) is 0 Å². The number of nitrogens with one attached hydrogen (secondary N) is 1. The standard InChI is InChI=1S/C14H20ClNO2S/c1-2-16-13-7-8-14(9-13)19(17,18)10-11-3-5-12(15)6-4-11/h3-6,13-14,16H,2,7-10H2,1H3. The van der Waals surface area contributed by atoms with Crippen molar-refractivity contribution < 1.29 is 8.42 Å². The van der Waals surface area contributed by atoms with Gasteiger partial charge in [0.1, 0.15) is 0 Å². The molecule has 5 heteroatoms. The molecule has 1 aliphatic carbocycles. The molecular weight excluding hydrogens is 282 g/mol. The lowest BCUT2D eigenvalue weighted by Crippen LogP contribution is -2.28. The topological polar surface area (TPSA) is 46.2 Å². The van der Waals surface area contributed by atoms with Gasteiger partial charge in [-0.3, -0.25) is 0 Å². The summed E-state index contributed by atoms with van der Waals surface area (Å²) >= 11 is 5.81. The van der Waals surface area contributed by atoms with E-state index in [1.54, 1.807) is 24.3 Å². The van der Waals surface area contributed by atoms with Gasteiger partial charge in [-0.25, -0.2) is 8.42 Å². The second kappa shape index (κ2) is 6.25. The molecule has 0 aromatic heterocycles. The third-order valence-corrected chi connectivity index (χ3v) is 6.10. The van der Waals surface area contributed by atoms with Crippen molar-refractivity contribution in [3.8, 4) is 0 Å². The van der Waals surface area contributed by atoms with Crippen LogP contribution >= 0.6 is 11.6 Å². The number of benzene rings is 1. The summed E-state index contributed by atoms with van der Waals surface area (Å²) in [6.45, 7) is 2.95. The summed E-state index contributed by atoms with van der Waals surface area (Å²) in [4.78, 5) is 0. The quantitative estimate of drug-likeness (QED) is 0.909. The molecule has 2 atom stereocenters. The van der Waals surface area contributed by atoms with Crippen molar-refractivity contribution in [1.29, 1.82) is 0 Å². The molecule has 1 aromatic carbocycles. The van der Waals surface area contributed by atoms with Crippen molar-refractivity contribution in [3.05, 3.63) is 34.9 Å². The summed E-state index contributed by atoms with van der Waals surface area (Å²) in [7, 11) is -3.06. The Bertz CT molecular complexity index is 513. The highest BCUT2D eigenvalue weighted by Crippen LogP contribution is 2.28. The second-order valence-corrected chi connectivity index (χ2v) is 7.84. The maximum atomic E-state index is 12.4. The molecule has 0 aliphatic heterocycles. The normalized spacial score (nSPS) is 23.7. The van der Waals surface area contributed by atoms with Crippen LogP contribution in [0, 0.1) is 0 Å². The zero-order chi connectivity index (χ0) is 13.9. The predicted octanol–water partition coefficient (Wildman–Crippen LogP) is 2.79. The largest absolute Gasteiger partial charge is 0.314 e. The van der Waals surface area contributed by atoms with E-state index in [4.69, 9.17) is 11.6 Å². The highest BCUT2D eigenvalue weighted by molar-refractivity contribution is 7.91. The van der Waals surface area contributed by atoms with E-state index in [-0.39, 0.29) is 11.0 Å². The Morgan fingerprint density at radius 3 is 2.58 bits per heavy atom. The zero-order valence-corrected chi connectivity index (χ0v) is 12.7. The van der Waals surface area contributed by atoms with Crippen molar-refractivity contribution in [2.75, 3.05) is 6.54 Å². The lowest BCUT2D eigenvalue weighted by atomic mass is 10.2. The average molecular weight is 302 g/mol. The van der Waals surface area contributed by atoms with Crippen LogP contribution in [0.15, 0.2) is 24.3 Å². The van der Waals surface area contributed by atoms with E-state index in [9.17, 15) is 8.42 Å². The highest BCUT2D eigenvalue weighted by Gasteiger charge is 2.33. The number of rotatable bonds is 5. The monoisotopic (exact) mass is 301 g/mol. The Morgan fingerprint density at radius 2 is 1.95 bits per heavy atom. The predicted molar refractivity (Wildman–Crippen MR) is 79.2 cm³/mol. The second-order valence-electron chi connectivity index (χ2n) is 5.12. The molecule has 0 spiro atoms. The van der Waals surface area contributed by atoms with Crippen LogP contribution in [0.2, 0.25) is 5.02 Å². The van der Waals surface area contributed by atoms with Crippen LogP contribution in [-0.2, 0) is 15.6 Å². The van der Waals surface area contributed by atoms with E-state index in [2.05, 4.69) is 12.2 Å². The van der Waals surface area contributed by atoms with Gasteiger partial charge in [0.2, 0.25) is 0 Å². The van der Waals surface area contributed by atoms with E-state index in [0.717, 1.165) is 31.4 Å². The first-order valence-corrected chi connectivity index (χ1v) is 8.80. The third-order valence-electron chi connectivity index (χ3n) is 3.67. The van der Waals surface area contributed by atoms with Crippen LogP contribution in [0.4, 0.5) is 0 Å². The SMILES string of the molecule is CCNC1CCC(S(=O)(=O)Cc2ccc(Cl)cc2)C1. The highest BCUT2D eigenvalue weighted by atomic mass is 35.5. The Morgan fingerprint density at radius 1 is 1.26 bits per heavy atom. The van der Waals surface area contributed by atoms with Gasteiger partial charge in [0.25, 0.3) is 0 Å². The maximum Gasteiger partial charge on any atom is 0.157 e. The van der Waals surface area contributed by atoms with E-state index in [1.807, 2.05) is 0 Å². The molecule has 0 saturated heterocycles. The Balaban J connectivity index is 2.01. The number of sulfone groups is 1. The van der Waals surface area contributed by atoms with Gasteiger partial charge in [0, 0.05) is 11.1 Å². The first kappa shape index (κ1) is 14.8. The Labute approximate surface area is 120 Å². The smallest absolute Gasteiger partial charge is 0.157 e. The van der Waals surface area contributed by atoms with Gasteiger partial charge in [-0.1, -0.05) is 30.7 Å². The van der Waals surface area contributed by atoms with Gasteiger partial charge < -0.3 is 5.32 Å². The average Bonchev–Trinajstić information content (AvgIpc) is 2.82. The minimum absolute atomic E-state index is 0.119. The van der Waals surface area contributed by atoms with Crippen LogP contribution in [0.3, 0.4) is 0 Å². The molecule has 1 aliphatic rings. The molecule has 1 aromatic rings. The van der Waals surface area contributed by atoms with Crippen LogP contribution in [0.25, 0.3) is 0 Å². The molecule has 2 unspecified atom stereocenters. The van der Waals surface area contributed by atoms with Gasteiger partial charge in [-0.05, 0) is 43.5 Å². The fourth-order valence-electron chi connectivity index (χ4n) is 2.67. The minimum atomic E-state index is -3.06. The van der Waals surface area contributed by atoms with Crippen molar-refractivity contribution >= 4 is 21.4 Å². The van der Waals surface area contributed by atoms with E-state index in [0.29, 0.717) is 11.1 Å². The van der Waals surface area contributed by atoms with Crippen molar-refractivity contribution in [1.82, 2.24) is 5.32 Å². The van der Waals surface area contributed by atoms with E-state index < -0.39 is 9.84 Å². The van der Waals surface area contributed by atoms with Crippen LogP contribution in [-0.4, -0.2) is 26.3 Å². The third kappa shape index (κ3) is 3.94. The summed E-state index contributed by atoms with van der Waals surface area (Å²) < 4.78 is 24.8. The molecule has 0 amide bonds. The van der Waals surface area contributed by atoms with Crippen LogP contribution in [0.5, 0.6) is 0 Å². The van der Waals surface area contributed by atoms with Gasteiger partial charge in [-0.15, -0.1) is 0 Å². The molecule has 2 rings (SSSR count). The van der Waals surface area contributed by atoms with Crippen molar-refractivity contribution in [3.63, 3.8) is 0 Å². The summed E-state index contributed by atoms with van der Waals surface area (Å²) in [5.41, 5.74) is 0.816. The fourth-order valence-corrected chi connectivity index (χ4v) is 4.71. The van der Waals surface area contributed by atoms with Crippen LogP contribution in [0.1, 0.15) is 31.7 Å². The molecule has 0 bridgehead atoms. The Hall–Kier alpha value is -0.580. The van der Waals surface area contributed by atoms with Gasteiger partial charge in [0.05, 0.1) is 11.0 Å². The Kier molecular flexibility index (Phi) is 4.87. The molecule has 1 fully saturated rings. The molecule has 0 heterocycles. The summed E-state index contributed by atoms with van der Waals surface area (Å²) in [5, 5.41) is 3.77. The molecule has 3 nitrogen and oxygen atoms in total. The number of hydrogen-bond acceptors (Lipinski definition) is 3. The van der Waals surface area contributed by atoms with Crippen molar-refractivity contribution in [2.24, 2.45) is 0 Å². The van der Waals surface area contributed by atoms with Gasteiger partial charge in [0.15, 0.2) is 9.84 Å². The first-order chi connectivity index (χ1) is 9.01. The minimum Gasteiger partial charge on any atom is -0.314 e. The van der Waals surface area contributed by atoms with E-state index >= 15 is 0 Å². The molecular formula is C14H20ClNO2S. The molecule has 1 saturated carbocycles. The summed E-state index contributed by atoms with van der Waals surface area (Å²) in [6, 6.07) is 7.41. The molecule has 0 radical (unpaired) electrons. The molecule has 106 valence electrons. The lowest BCUT2D eigenvalue weighted by molar-refractivity contribution is 0.537. The molecule has 19 heavy (non-hydrogen) atoms. The zero-order valence-electron chi connectivity index (χ0n) is 11.1. The number of hydrogen-bond donors (Lipinski definition) is 1. The lowest BCUT2D eigenvalue weighted by Gasteiger charge is -2.13. The number of halogens is 1. The molecule has 1 N–H and O–H groups in total. The first-order valence-electron chi connectivity index (χ1n) is 6.70.